The molecule has 0 fully saturated rings. The third-order valence-electron chi connectivity index (χ3n) is 6.23. The van der Waals surface area contributed by atoms with Crippen molar-refractivity contribution in [1.82, 2.24) is 9.78 Å². The number of para-hydroxylation sites is 3. The van der Waals surface area contributed by atoms with E-state index in [1.54, 1.807) is 24.3 Å². The Morgan fingerprint density at radius 2 is 1.41 bits per heavy atom. The first-order chi connectivity index (χ1) is 24.0. The van der Waals surface area contributed by atoms with Gasteiger partial charge in [-0.15, -0.1) is 6.42 Å². The summed E-state index contributed by atoms with van der Waals surface area (Å²) in [7, 11) is 1.22. The Hall–Kier alpha value is -8.10. The summed E-state index contributed by atoms with van der Waals surface area (Å²) in [5, 5.41) is 6.87. The Balaban J connectivity index is 1.44. The van der Waals surface area contributed by atoms with Gasteiger partial charge in [-0.1, -0.05) is 30.3 Å². The van der Waals surface area contributed by atoms with Gasteiger partial charge in [0.25, 0.3) is 11.8 Å². The van der Waals surface area contributed by atoms with Gasteiger partial charge in [0.05, 0.1) is 24.6 Å². The molecule has 4 rings (SSSR count). The summed E-state index contributed by atoms with van der Waals surface area (Å²) in [6.45, 7) is 0.380. The van der Waals surface area contributed by atoms with Crippen LogP contribution in [-0.2, 0) is 20.7 Å². The molecule has 0 spiro atoms. The summed E-state index contributed by atoms with van der Waals surface area (Å²) >= 11 is 0. The maximum Gasteiger partial charge on any atom is 0.341 e. The molecule has 1 aliphatic rings. The van der Waals surface area contributed by atoms with Gasteiger partial charge < -0.3 is 19.7 Å². The molecule has 3 aromatic rings. The van der Waals surface area contributed by atoms with Crippen molar-refractivity contribution in [2.24, 2.45) is 0 Å². The lowest BCUT2D eigenvalue weighted by molar-refractivity contribution is -0.130. The lowest BCUT2D eigenvalue weighted by Crippen LogP contribution is -2.42. The van der Waals surface area contributed by atoms with E-state index in [1.807, 2.05) is 24.3 Å². The summed E-state index contributed by atoms with van der Waals surface area (Å²) in [6, 6.07) is 12.5. The Kier molecular flexibility index (Phi) is 12.4. The molecule has 0 radical (unpaired) electrons. The molecule has 0 saturated carbocycles. The van der Waals surface area contributed by atoms with Gasteiger partial charge in [-0.2, -0.15) is 5.10 Å². The summed E-state index contributed by atoms with van der Waals surface area (Å²) in [5.74, 6) is 37.5. The van der Waals surface area contributed by atoms with E-state index in [4.69, 9.17) is 15.9 Å². The van der Waals surface area contributed by atoms with E-state index in [9.17, 15) is 14.4 Å². The second-order valence-corrected chi connectivity index (χ2v) is 9.18. The second kappa shape index (κ2) is 18.0. The minimum absolute atomic E-state index is 0.0802. The number of esters is 1. The van der Waals surface area contributed by atoms with E-state index in [-0.39, 0.29) is 17.0 Å². The predicted molar refractivity (Wildman–Crippen MR) is 182 cm³/mol. The predicted octanol–water partition coefficient (Wildman–Crippen LogP) is 2.44. The summed E-state index contributed by atoms with van der Waals surface area (Å²) in [6.07, 6.45) is 10.5. The fraction of sp³-hybridized carbons (Fsp3) is 0.100. The molecular formula is C40H20N4O5. The number of anilines is 2. The number of nitrogens with one attached hydrogen (secondary N) is 1. The molecule has 1 aromatic heterocycles. The molecule has 0 saturated heterocycles. The van der Waals surface area contributed by atoms with Crippen LogP contribution >= 0.6 is 0 Å². The Morgan fingerprint density at radius 1 is 0.816 bits per heavy atom. The fourth-order valence-corrected chi connectivity index (χ4v) is 4.17. The Labute approximate surface area is 283 Å². The van der Waals surface area contributed by atoms with Gasteiger partial charge in [0, 0.05) is 65.8 Å². The Bertz CT molecular complexity index is 2370. The molecule has 0 aliphatic carbocycles. The number of aromatic nitrogens is 2. The first-order valence-electron chi connectivity index (χ1n) is 14.1. The summed E-state index contributed by atoms with van der Waals surface area (Å²) in [4.78, 5) is 41.3. The van der Waals surface area contributed by atoms with Crippen LogP contribution in [0.5, 0.6) is 5.75 Å². The molecule has 9 heteroatoms. The highest BCUT2D eigenvalue weighted by Crippen LogP contribution is 2.31. The summed E-state index contributed by atoms with van der Waals surface area (Å²) in [5.41, 5.74) is 2.00. The number of benzene rings is 2. The first kappa shape index (κ1) is 33.8. The maximum absolute atomic E-state index is 13.9. The van der Waals surface area contributed by atoms with Crippen molar-refractivity contribution in [2.45, 2.75) is 12.5 Å². The maximum atomic E-state index is 13.9. The smallest absolute Gasteiger partial charge is 0.341 e. The van der Waals surface area contributed by atoms with Crippen LogP contribution in [0.15, 0.2) is 60.9 Å². The van der Waals surface area contributed by atoms with Gasteiger partial charge in [-0.25, -0.2) is 9.48 Å². The van der Waals surface area contributed by atoms with Crippen molar-refractivity contribution in [3.05, 3.63) is 72.1 Å². The number of hydrogen-bond acceptors (Lipinski definition) is 6. The highest BCUT2D eigenvalue weighted by atomic mass is 16.5. The zero-order valence-electron chi connectivity index (χ0n) is 25.7. The fourth-order valence-electron chi connectivity index (χ4n) is 4.17. The van der Waals surface area contributed by atoms with Crippen molar-refractivity contribution in [2.75, 3.05) is 23.9 Å². The highest BCUT2D eigenvalue weighted by Gasteiger charge is 2.37. The van der Waals surface area contributed by atoms with Crippen LogP contribution < -0.4 is 15.0 Å². The van der Waals surface area contributed by atoms with Crippen LogP contribution in [0.25, 0.3) is 0 Å². The van der Waals surface area contributed by atoms with E-state index in [1.165, 1.54) is 24.4 Å². The minimum Gasteiger partial charge on any atom is -0.465 e. The molecule has 2 heterocycles. The van der Waals surface area contributed by atoms with Crippen molar-refractivity contribution in [1.29, 1.82) is 0 Å². The molecule has 1 N–H and O–H groups in total. The quantitative estimate of drug-likeness (QED) is 0.254. The van der Waals surface area contributed by atoms with Crippen LogP contribution in [0.2, 0.25) is 0 Å². The minimum atomic E-state index is -1.46. The average Bonchev–Trinajstić information content (AvgIpc) is 3.78. The van der Waals surface area contributed by atoms with Crippen molar-refractivity contribution >= 4 is 29.2 Å². The summed E-state index contributed by atoms with van der Waals surface area (Å²) < 4.78 is 11.4. The van der Waals surface area contributed by atoms with Crippen molar-refractivity contribution in [3.63, 3.8) is 0 Å². The monoisotopic (exact) mass is 636 g/mol. The van der Waals surface area contributed by atoms with Crippen LogP contribution in [0.1, 0.15) is 22.0 Å². The van der Waals surface area contributed by atoms with Crippen molar-refractivity contribution < 1.29 is 23.9 Å². The van der Waals surface area contributed by atoms with Gasteiger partial charge in [-0.05, 0) is 77.5 Å². The number of amides is 2. The lowest BCUT2D eigenvalue weighted by atomic mass is 10.1. The van der Waals surface area contributed by atoms with E-state index in [0.717, 1.165) is 10.2 Å². The number of carbonyl (C=O) groups excluding carboxylic acids is 3. The number of terminal acetylenes is 1. The topological polar surface area (TPSA) is 103 Å². The second-order valence-electron chi connectivity index (χ2n) is 9.18. The van der Waals surface area contributed by atoms with E-state index >= 15 is 0 Å². The molecule has 2 aromatic carbocycles. The van der Waals surface area contributed by atoms with Gasteiger partial charge >= 0.3 is 5.97 Å². The third kappa shape index (κ3) is 9.69. The van der Waals surface area contributed by atoms with Crippen LogP contribution in [0.3, 0.4) is 0 Å². The third-order valence-corrected chi connectivity index (χ3v) is 6.23. The number of nitrogens with zero attached hydrogens (tertiary/aromatic N) is 3. The van der Waals surface area contributed by atoms with Gasteiger partial charge in [0.15, 0.2) is 5.75 Å². The largest absolute Gasteiger partial charge is 0.465 e. The SMILES string of the molecule is C#CC#CC#CC#CC#CC#CC#CC#CC#COc1ccccc1NC(=O)C(C(=O)N1CCc2ccccc21)n1cc(C(=O)OC)cn1. The average molecular weight is 637 g/mol. The highest BCUT2D eigenvalue weighted by molar-refractivity contribution is 6.14. The van der Waals surface area contributed by atoms with Crippen molar-refractivity contribution in [3.8, 4) is 113 Å². The van der Waals surface area contributed by atoms with E-state index < -0.39 is 23.8 Å². The number of ether oxygens (including phenoxy) is 2. The molecule has 9 nitrogen and oxygen atoms in total. The molecule has 1 aliphatic heterocycles. The molecule has 2 amide bonds. The normalized spacial score (nSPS) is 10.0. The molecule has 49 heavy (non-hydrogen) atoms. The molecule has 1 atom stereocenters. The Morgan fingerprint density at radius 3 is 2.06 bits per heavy atom. The zero-order chi connectivity index (χ0) is 34.7. The number of hydrogen-bond donors (Lipinski definition) is 1. The number of carbonyl (C=O) groups is 3. The van der Waals surface area contributed by atoms with E-state index in [0.29, 0.717) is 18.7 Å². The zero-order valence-corrected chi connectivity index (χ0v) is 25.7. The number of methoxy groups -OCH3 is 1. The van der Waals surface area contributed by atoms with Gasteiger partial charge in [-0.3, -0.25) is 9.59 Å². The van der Waals surface area contributed by atoms with Crippen LogP contribution in [-0.4, -0.2) is 41.2 Å². The standard InChI is InChI=1S/C40H20N4O5/c1-3-4-5-6-7-8-9-10-11-12-13-14-15-16-17-22-29-49-36-26-21-19-24-34(36)42-38(45)37(44-31-33(30-41-44)40(47)48-2)39(46)43-28-27-32-23-18-20-25-35(32)43/h1,18-21,23-26,30-31,37H,27-28H2,2H3,(H,42,45). The molecule has 0 bridgehead atoms. The molecular weight excluding hydrogens is 616 g/mol. The first-order valence-corrected chi connectivity index (χ1v) is 14.1. The number of fused-ring (bicyclic) bond motifs is 1. The number of rotatable bonds is 6. The molecule has 230 valence electrons. The van der Waals surface area contributed by atoms with Gasteiger partial charge in [0.2, 0.25) is 6.04 Å². The van der Waals surface area contributed by atoms with Crippen LogP contribution in [0, 0.1) is 107 Å². The van der Waals surface area contributed by atoms with E-state index in [2.05, 4.69) is 111 Å². The lowest BCUT2D eigenvalue weighted by Gasteiger charge is -2.24. The van der Waals surface area contributed by atoms with Gasteiger partial charge in [0.1, 0.15) is 6.11 Å². The molecule has 1 unspecified atom stereocenters. The van der Waals surface area contributed by atoms with Crippen LogP contribution in [0.4, 0.5) is 11.4 Å².